The highest BCUT2D eigenvalue weighted by molar-refractivity contribution is 5.65. The van der Waals surface area contributed by atoms with E-state index in [9.17, 15) is 4.79 Å². The lowest BCUT2D eigenvalue weighted by molar-refractivity contribution is -0.143. The minimum Gasteiger partial charge on any atom is -0.466 e. The average Bonchev–Trinajstić information content (AvgIpc) is 2.10. The van der Waals surface area contributed by atoms with Crippen molar-refractivity contribution in [3.05, 3.63) is 12.2 Å². The Morgan fingerprint density at radius 2 is 2.29 bits per heavy atom. The molecule has 0 saturated heterocycles. The zero-order valence-corrected chi connectivity index (χ0v) is 9.16. The molecule has 0 aromatic heterocycles. The summed E-state index contributed by atoms with van der Waals surface area (Å²) in [5.41, 5.74) is 0. The summed E-state index contributed by atoms with van der Waals surface area (Å²) in [5.74, 6) is 1.07. The number of unbranched alkanes of at least 4 members (excludes halogenated alkanes) is 1. The van der Waals surface area contributed by atoms with Gasteiger partial charge in [0.1, 0.15) is 0 Å². The number of carbonyl (C=O) groups is 1. The number of allylic oxidation sites excluding steroid dienone is 2. The van der Waals surface area contributed by atoms with E-state index in [1.807, 2.05) is 0 Å². The summed E-state index contributed by atoms with van der Waals surface area (Å²) in [6, 6.07) is 0. The number of hydrogen-bond donors (Lipinski definition) is 0. The molecule has 0 N–H and O–H groups in total. The van der Waals surface area contributed by atoms with Gasteiger partial charge in [-0.3, -0.25) is 4.79 Å². The first-order chi connectivity index (χ1) is 6.74. The summed E-state index contributed by atoms with van der Waals surface area (Å²) in [4.78, 5) is 10.6. The van der Waals surface area contributed by atoms with E-state index in [1.54, 1.807) is 0 Å². The van der Waals surface area contributed by atoms with Crippen molar-refractivity contribution in [1.82, 2.24) is 0 Å². The third-order valence-electron chi connectivity index (χ3n) is 2.82. The molecule has 0 aromatic rings. The van der Waals surface area contributed by atoms with Gasteiger partial charge in [-0.1, -0.05) is 25.5 Å². The Labute approximate surface area is 86.3 Å². The van der Waals surface area contributed by atoms with Gasteiger partial charge < -0.3 is 4.74 Å². The van der Waals surface area contributed by atoms with E-state index in [0.29, 0.717) is 18.4 Å². The Morgan fingerprint density at radius 1 is 1.50 bits per heavy atom. The van der Waals surface area contributed by atoms with Gasteiger partial charge in [0, 0.05) is 6.92 Å². The van der Waals surface area contributed by atoms with Crippen LogP contribution in [-0.4, -0.2) is 12.6 Å². The van der Waals surface area contributed by atoms with Crippen LogP contribution in [0.15, 0.2) is 12.2 Å². The third-order valence-corrected chi connectivity index (χ3v) is 2.82. The Morgan fingerprint density at radius 3 is 2.79 bits per heavy atom. The van der Waals surface area contributed by atoms with Crippen molar-refractivity contribution in [3.63, 3.8) is 0 Å². The second kappa shape index (κ2) is 5.84. The van der Waals surface area contributed by atoms with Crippen LogP contribution >= 0.6 is 0 Å². The molecule has 0 radical (unpaired) electrons. The van der Waals surface area contributed by atoms with Crippen LogP contribution in [0, 0.1) is 11.8 Å². The van der Waals surface area contributed by atoms with Crippen molar-refractivity contribution in [2.24, 2.45) is 11.8 Å². The van der Waals surface area contributed by atoms with Crippen molar-refractivity contribution >= 4 is 5.97 Å². The molecule has 0 bridgehead atoms. The van der Waals surface area contributed by atoms with E-state index in [-0.39, 0.29) is 5.97 Å². The van der Waals surface area contributed by atoms with Gasteiger partial charge in [0.25, 0.3) is 0 Å². The lowest BCUT2D eigenvalue weighted by atomic mass is 9.74. The molecule has 0 aromatic carbocycles. The highest BCUT2D eigenvalue weighted by Crippen LogP contribution is 2.35. The topological polar surface area (TPSA) is 26.3 Å². The molecule has 0 amide bonds. The summed E-state index contributed by atoms with van der Waals surface area (Å²) < 4.78 is 5.01. The Bertz CT molecular complexity index is 208. The quantitative estimate of drug-likeness (QED) is 0.499. The highest BCUT2D eigenvalue weighted by atomic mass is 16.5. The van der Waals surface area contributed by atoms with E-state index < -0.39 is 0 Å². The minimum atomic E-state index is -0.159. The van der Waals surface area contributed by atoms with Gasteiger partial charge >= 0.3 is 5.97 Å². The summed E-state index contributed by atoms with van der Waals surface area (Å²) in [5, 5.41) is 0. The Hall–Kier alpha value is -0.790. The van der Waals surface area contributed by atoms with Crippen LogP contribution < -0.4 is 0 Å². The molecule has 80 valence electrons. The second-order valence-corrected chi connectivity index (χ2v) is 4.02. The maximum atomic E-state index is 10.6. The molecule has 1 aliphatic carbocycles. The molecule has 1 aliphatic rings. The highest BCUT2D eigenvalue weighted by Gasteiger charge is 2.29. The van der Waals surface area contributed by atoms with Crippen LogP contribution in [0.4, 0.5) is 0 Å². The van der Waals surface area contributed by atoms with Crippen molar-refractivity contribution in [3.8, 4) is 0 Å². The summed E-state index contributed by atoms with van der Waals surface area (Å²) >= 11 is 0. The molecule has 1 fully saturated rings. The van der Waals surface area contributed by atoms with E-state index in [2.05, 4.69) is 19.1 Å². The monoisotopic (exact) mass is 196 g/mol. The Balaban J connectivity index is 2.18. The zero-order chi connectivity index (χ0) is 10.4. The molecule has 2 atom stereocenters. The molecule has 14 heavy (non-hydrogen) atoms. The normalized spacial score (nSPS) is 26.1. The molecule has 1 rings (SSSR count). The molecule has 0 unspecified atom stereocenters. The number of carbonyl (C=O) groups excluding carboxylic acids is 1. The van der Waals surface area contributed by atoms with Crippen LogP contribution in [0.2, 0.25) is 0 Å². The van der Waals surface area contributed by atoms with Gasteiger partial charge in [-0.25, -0.2) is 0 Å². The number of rotatable bonds is 5. The molecule has 2 nitrogen and oxygen atoms in total. The fourth-order valence-corrected chi connectivity index (χ4v) is 1.72. The van der Waals surface area contributed by atoms with Gasteiger partial charge in [0.2, 0.25) is 0 Å². The SMILES string of the molecule is CCC/C=C/[C@@H]1CC[C@H]1COC(C)=O. The first kappa shape index (κ1) is 11.3. The van der Waals surface area contributed by atoms with E-state index in [0.717, 1.165) is 6.42 Å². The summed E-state index contributed by atoms with van der Waals surface area (Å²) in [6.45, 7) is 4.26. The first-order valence-electron chi connectivity index (χ1n) is 5.54. The predicted octanol–water partition coefficient (Wildman–Crippen LogP) is 2.93. The average molecular weight is 196 g/mol. The minimum absolute atomic E-state index is 0.159. The molecule has 2 heteroatoms. The van der Waals surface area contributed by atoms with Gasteiger partial charge in [-0.05, 0) is 31.1 Å². The molecule has 0 spiro atoms. The lowest BCUT2D eigenvalue weighted by Crippen LogP contribution is -2.29. The summed E-state index contributed by atoms with van der Waals surface area (Å²) in [6.07, 6.45) is 9.38. The lowest BCUT2D eigenvalue weighted by Gasteiger charge is -2.33. The molecule has 0 aliphatic heterocycles. The number of esters is 1. The molecule has 0 heterocycles. The molecular weight excluding hydrogens is 176 g/mol. The zero-order valence-electron chi connectivity index (χ0n) is 9.16. The van der Waals surface area contributed by atoms with Crippen molar-refractivity contribution in [1.29, 1.82) is 0 Å². The van der Waals surface area contributed by atoms with E-state index in [1.165, 1.54) is 26.2 Å². The van der Waals surface area contributed by atoms with E-state index >= 15 is 0 Å². The fraction of sp³-hybridized carbons (Fsp3) is 0.750. The predicted molar refractivity (Wildman–Crippen MR) is 56.9 cm³/mol. The standard InChI is InChI=1S/C12H20O2/c1-3-4-5-6-11-7-8-12(11)9-14-10(2)13/h5-6,11-12H,3-4,7-9H2,1-2H3/b6-5+/t11-,12+/m1/s1. The van der Waals surface area contributed by atoms with Gasteiger partial charge in [-0.15, -0.1) is 0 Å². The van der Waals surface area contributed by atoms with E-state index in [4.69, 9.17) is 4.74 Å². The van der Waals surface area contributed by atoms with Gasteiger partial charge in [0.05, 0.1) is 6.61 Å². The van der Waals surface area contributed by atoms with Crippen molar-refractivity contribution < 1.29 is 9.53 Å². The van der Waals surface area contributed by atoms with Crippen molar-refractivity contribution in [2.45, 2.75) is 39.5 Å². The Kier molecular flexibility index (Phi) is 4.71. The number of hydrogen-bond acceptors (Lipinski definition) is 2. The first-order valence-corrected chi connectivity index (χ1v) is 5.54. The maximum Gasteiger partial charge on any atom is 0.302 e. The smallest absolute Gasteiger partial charge is 0.302 e. The van der Waals surface area contributed by atoms with Crippen LogP contribution in [0.25, 0.3) is 0 Å². The third kappa shape index (κ3) is 3.52. The largest absolute Gasteiger partial charge is 0.466 e. The van der Waals surface area contributed by atoms with Gasteiger partial charge in [0.15, 0.2) is 0 Å². The van der Waals surface area contributed by atoms with Crippen molar-refractivity contribution in [2.75, 3.05) is 6.61 Å². The van der Waals surface area contributed by atoms with Gasteiger partial charge in [-0.2, -0.15) is 0 Å². The summed E-state index contributed by atoms with van der Waals surface area (Å²) in [7, 11) is 0. The number of ether oxygens (including phenoxy) is 1. The van der Waals surface area contributed by atoms with Crippen LogP contribution in [0.3, 0.4) is 0 Å². The fourth-order valence-electron chi connectivity index (χ4n) is 1.72. The molecular formula is C12H20O2. The maximum absolute atomic E-state index is 10.6. The molecule has 1 saturated carbocycles. The van der Waals surface area contributed by atoms with Crippen LogP contribution in [0.1, 0.15) is 39.5 Å². The van der Waals surface area contributed by atoms with Crippen LogP contribution in [-0.2, 0) is 9.53 Å². The van der Waals surface area contributed by atoms with Crippen LogP contribution in [0.5, 0.6) is 0 Å². The second-order valence-electron chi connectivity index (χ2n) is 4.02.